The molecule has 0 spiro atoms. The van der Waals surface area contributed by atoms with Gasteiger partial charge in [0.25, 0.3) is 0 Å². The number of carbonyl (C=O) groups is 1. The van der Waals surface area contributed by atoms with Gasteiger partial charge in [-0.05, 0) is 39.9 Å². The number of nitrogens with one attached hydrogen (secondary N) is 1. The SMILES string of the molecule is CCCC1NC(CC)C(=O)N1CCCN(C)C. The Balaban J connectivity index is 2.49. The van der Waals surface area contributed by atoms with Crippen molar-refractivity contribution in [1.29, 1.82) is 0 Å². The first-order valence-corrected chi connectivity index (χ1v) is 6.81. The van der Waals surface area contributed by atoms with Crippen LogP contribution in [0, 0.1) is 0 Å². The third-order valence-corrected chi connectivity index (χ3v) is 3.33. The zero-order valence-electron chi connectivity index (χ0n) is 11.7. The number of hydrogen-bond donors (Lipinski definition) is 1. The van der Waals surface area contributed by atoms with Crippen molar-refractivity contribution >= 4 is 5.91 Å². The van der Waals surface area contributed by atoms with Gasteiger partial charge in [-0.2, -0.15) is 0 Å². The largest absolute Gasteiger partial charge is 0.326 e. The van der Waals surface area contributed by atoms with Gasteiger partial charge < -0.3 is 9.80 Å². The van der Waals surface area contributed by atoms with Gasteiger partial charge >= 0.3 is 0 Å². The Bertz CT molecular complexity index is 243. The lowest BCUT2D eigenvalue weighted by atomic mass is 10.2. The second kappa shape index (κ2) is 6.97. The van der Waals surface area contributed by atoms with E-state index in [0.717, 1.165) is 38.8 Å². The summed E-state index contributed by atoms with van der Waals surface area (Å²) >= 11 is 0. The Morgan fingerprint density at radius 1 is 1.35 bits per heavy atom. The summed E-state index contributed by atoms with van der Waals surface area (Å²) in [5.74, 6) is 0.296. The van der Waals surface area contributed by atoms with Crippen LogP contribution in [0.25, 0.3) is 0 Å². The van der Waals surface area contributed by atoms with E-state index in [1.165, 1.54) is 0 Å². The number of hydrogen-bond acceptors (Lipinski definition) is 3. The maximum atomic E-state index is 12.1. The highest BCUT2D eigenvalue weighted by atomic mass is 16.2. The summed E-state index contributed by atoms with van der Waals surface area (Å²) in [6.07, 6.45) is 4.38. The first kappa shape index (κ1) is 14.5. The lowest BCUT2D eigenvalue weighted by Crippen LogP contribution is -2.38. The molecule has 2 unspecified atom stereocenters. The minimum absolute atomic E-state index is 0.0471. The molecule has 1 rings (SSSR count). The summed E-state index contributed by atoms with van der Waals surface area (Å²) in [5.41, 5.74) is 0. The molecule has 0 bridgehead atoms. The summed E-state index contributed by atoms with van der Waals surface area (Å²) in [5, 5.41) is 3.44. The van der Waals surface area contributed by atoms with E-state index < -0.39 is 0 Å². The van der Waals surface area contributed by atoms with E-state index in [2.05, 4.69) is 38.2 Å². The molecule has 17 heavy (non-hydrogen) atoms. The Morgan fingerprint density at radius 3 is 2.59 bits per heavy atom. The molecule has 100 valence electrons. The summed E-state index contributed by atoms with van der Waals surface area (Å²) in [7, 11) is 4.14. The summed E-state index contributed by atoms with van der Waals surface area (Å²) in [4.78, 5) is 16.4. The molecule has 0 radical (unpaired) electrons. The lowest BCUT2D eigenvalue weighted by Gasteiger charge is -2.24. The van der Waals surface area contributed by atoms with E-state index in [4.69, 9.17) is 0 Å². The second-order valence-electron chi connectivity index (χ2n) is 5.12. The molecule has 2 atom stereocenters. The zero-order chi connectivity index (χ0) is 12.8. The molecule has 0 aromatic carbocycles. The van der Waals surface area contributed by atoms with Crippen molar-refractivity contribution in [3.63, 3.8) is 0 Å². The smallest absolute Gasteiger partial charge is 0.241 e. The van der Waals surface area contributed by atoms with Gasteiger partial charge in [0.05, 0.1) is 12.2 Å². The van der Waals surface area contributed by atoms with Gasteiger partial charge in [0.2, 0.25) is 5.91 Å². The van der Waals surface area contributed by atoms with Gasteiger partial charge in [-0.15, -0.1) is 0 Å². The highest BCUT2D eigenvalue weighted by molar-refractivity contribution is 5.84. The normalized spacial score (nSPS) is 25.0. The molecule has 0 aromatic heterocycles. The first-order valence-electron chi connectivity index (χ1n) is 6.81. The number of nitrogens with zero attached hydrogens (tertiary/aromatic N) is 2. The highest BCUT2D eigenvalue weighted by Crippen LogP contribution is 2.17. The molecule has 1 amide bonds. The van der Waals surface area contributed by atoms with Crippen LogP contribution in [0.15, 0.2) is 0 Å². The van der Waals surface area contributed by atoms with Gasteiger partial charge in [-0.3, -0.25) is 10.1 Å². The van der Waals surface area contributed by atoms with Crippen LogP contribution < -0.4 is 5.32 Å². The fraction of sp³-hybridized carbons (Fsp3) is 0.923. The average Bonchev–Trinajstić information content (AvgIpc) is 2.57. The molecule has 1 aliphatic heterocycles. The van der Waals surface area contributed by atoms with E-state index in [9.17, 15) is 4.79 Å². The van der Waals surface area contributed by atoms with E-state index in [1.54, 1.807) is 0 Å². The number of carbonyl (C=O) groups excluding carboxylic acids is 1. The molecule has 0 aliphatic carbocycles. The highest BCUT2D eigenvalue weighted by Gasteiger charge is 2.36. The lowest BCUT2D eigenvalue weighted by molar-refractivity contribution is -0.130. The topological polar surface area (TPSA) is 35.6 Å². The number of amides is 1. The van der Waals surface area contributed by atoms with Crippen molar-refractivity contribution in [2.75, 3.05) is 27.2 Å². The van der Waals surface area contributed by atoms with Gasteiger partial charge in [0.15, 0.2) is 0 Å². The summed E-state index contributed by atoms with van der Waals surface area (Å²) in [6, 6.07) is 0.0471. The minimum Gasteiger partial charge on any atom is -0.326 e. The average molecular weight is 241 g/mol. The fourth-order valence-corrected chi connectivity index (χ4v) is 2.38. The standard InChI is InChI=1S/C13H27N3O/c1-5-8-12-14-11(6-2)13(17)16(12)10-7-9-15(3)4/h11-12,14H,5-10H2,1-4H3. The third-order valence-electron chi connectivity index (χ3n) is 3.33. The van der Waals surface area contributed by atoms with Crippen LogP contribution in [0.4, 0.5) is 0 Å². The van der Waals surface area contributed by atoms with E-state index >= 15 is 0 Å². The Kier molecular flexibility index (Phi) is 5.92. The van der Waals surface area contributed by atoms with Crippen LogP contribution in [0.1, 0.15) is 39.5 Å². The quantitative estimate of drug-likeness (QED) is 0.729. The first-order chi connectivity index (χ1) is 8.10. The number of rotatable bonds is 7. The summed E-state index contributed by atoms with van der Waals surface area (Å²) < 4.78 is 0. The monoisotopic (exact) mass is 241 g/mol. The maximum absolute atomic E-state index is 12.1. The van der Waals surface area contributed by atoms with Crippen LogP contribution in [-0.4, -0.2) is 55.1 Å². The van der Waals surface area contributed by atoms with Crippen LogP contribution in [-0.2, 0) is 4.79 Å². The zero-order valence-corrected chi connectivity index (χ0v) is 11.7. The van der Waals surface area contributed by atoms with Crippen LogP contribution in [0.2, 0.25) is 0 Å². The van der Waals surface area contributed by atoms with Crippen molar-refractivity contribution in [3.8, 4) is 0 Å². The molecule has 1 heterocycles. The van der Waals surface area contributed by atoms with Crippen molar-refractivity contribution < 1.29 is 4.79 Å². The van der Waals surface area contributed by atoms with Crippen molar-refractivity contribution in [3.05, 3.63) is 0 Å². The van der Waals surface area contributed by atoms with Crippen molar-refractivity contribution in [2.24, 2.45) is 0 Å². The van der Waals surface area contributed by atoms with Crippen molar-refractivity contribution in [2.45, 2.75) is 51.7 Å². The molecule has 4 heteroatoms. The van der Waals surface area contributed by atoms with Gasteiger partial charge in [-0.25, -0.2) is 0 Å². The van der Waals surface area contributed by atoms with Crippen LogP contribution in [0.5, 0.6) is 0 Å². The molecular formula is C13H27N3O. The molecule has 0 saturated carbocycles. The van der Waals surface area contributed by atoms with Gasteiger partial charge in [0.1, 0.15) is 0 Å². The van der Waals surface area contributed by atoms with Gasteiger partial charge in [-0.1, -0.05) is 20.3 Å². The maximum Gasteiger partial charge on any atom is 0.241 e. The Labute approximate surface area is 105 Å². The predicted molar refractivity (Wildman–Crippen MR) is 70.8 cm³/mol. The van der Waals surface area contributed by atoms with Crippen molar-refractivity contribution in [1.82, 2.24) is 15.1 Å². The van der Waals surface area contributed by atoms with Gasteiger partial charge in [0, 0.05) is 6.54 Å². The van der Waals surface area contributed by atoms with Crippen LogP contribution >= 0.6 is 0 Å². The van der Waals surface area contributed by atoms with E-state index in [1.807, 2.05) is 4.90 Å². The predicted octanol–water partition coefficient (Wildman–Crippen LogP) is 1.27. The van der Waals surface area contributed by atoms with Crippen LogP contribution in [0.3, 0.4) is 0 Å². The molecule has 4 nitrogen and oxygen atoms in total. The minimum atomic E-state index is 0.0471. The molecule has 1 fully saturated rings. The molecule has 1 N–H and O–H groups in total. The molecule has 1 aliphatic rings. The molecule has 0 aromatic rings. The molecule has 1 saturated heterocycles. The fourth-order valence-electron chi connectivity index (χ4n) is 2.38. The Morgan fingerprint density at radius 2 is 2.06 bits per heavy atom. The Hall–Kier alpha value is -0.610. The summed E-state index contributed by atoms with van der Waals surface area (Å²) in [6.45, 7) is 6.16. The van der Waals surface area contributed by atoms with E-state index in [-0.39, 0.29) is 12.2 Å². The molecular weight excluding hydrogens is 214 g/mol. The van der Waals surface area contributed by atoms with E-state index in [0.29, 0.717) is 5.91 Å². The third kappa shape index (κ3) is 3.96. The second-order valence-corrected chi connectivity index (χ2v) is 5.12.